The van der Waals surface area contributed by atoms with Crippen molar-refractivity contribution in [2.75, 3.05) is 12.3 Å². The third-order valence-corrected chi connectivity index (χ3v) is 5.42. The Morgan fingerprint density at radius 1 is 1.31 bits per heavy atom. The second kappa shape index (κ2) is 4.59. The van der Waals surface area contributed by atoms with E-state index in [4.69, 9.17) is 4.99 Å². The number of thioether (sulfide) groups is 1. The van der Waals surface area contributed by atoms with Crippen molar-refractivity contribution < 1.29 is 0 Å². The Hall–Kier alpha value is -0.180. The molecule has 1 aliphatic carbocycles. The van der Waals surface area contributed by atoms with E-state index in [0.29, 0.717) is 5.41 Å². The first-order valence-electron chi connectivity index (χ1n) is 6.51. The van der Waals surface area contributed by atoms with Crippen molar-refractivity contribution in [3.63, 3.8) is 0 Å². The molecule has 0 spiro atoms. The highest BCUT2D eigenvalue weighted by molar-refractivity contribution is 8.14. The number of aliphatic imine (C=N–C) groups is 1. The maximum absolute atomic E-state index is 4.79. The van der Waals surface area contributed by atoms with Crippen LogP contribution in [0.3, 0.4) is 0 Å². The Morgan fingerprint density at radius 3 is 2.56 bits per heavy atom. The maximum atomic E-state index is 4.79. The van der Waals surface area contributed by atoms with E-state index in [9.17, 15) is 0 Å². The number of rotatable bonds is 3. The van der Waals surface area contributed by atoms with Crippen LogP contribution in [-0.2, 0) is 0 Å². The largest absolute Gasteiger partial charge is 0.359 e. The molecule has 2 nitrogen and oxygen atoms in total. The van der Waals surface area contributed by atoms with E-state index in [1.54, 1.807) is 0 Å². The fourth-order valence-electron chi connectivity index (χ4n) is 2.48. The van der Waals surface area contributed by atoms with Crippen LogP contribution in [-0.4, -0.2) is 23.0 Å². The van der Waals surface area contributed by atoms with Crippen LogP contribution in [0, 0.1) is 5.41 Å². The van der Waals surface area contributed by atoms with E-state index in [1.165, 1.54) is 43.0 Å². The lowest BCUT2D eigenvalue weighted by molar-refractivity contribution is 0.350. The van der Waals surface area contributed by atoms with E-state index in [1.807, 2.05) is 11.8 Å². The van der Waals surface area contributed by atoms with Gasteiger partial charge in [-0.25, -0.2) is 0 Å². The Morgan fingerprint density at radius 2 is 2.00 bits per heavy atom. The summed E-state index contributed by atoms with van der Waals surface area (Å²) in [5, 5.41) is 4.75. The first kappa shape index (κ1) is 12.3. The van der Waals surface area contributed by atoms with Gasteiger partial charge in [0.15, 0.2) is 5.17 Å². The lowest BCUT2D eigenvalue weighted by atomic mass is 9.89. The molecular weight excluding hydrogens is 216 g/mol. The zero-order valence-electron chi connectivity index (χ0n) is 10.8. The fraction of sp³-hybridized carbons (Fsp3) is 0.923. The van der Waals surface area contributed by atoms with Crippen molar-refractivity contribution in [2.24, 2.45) is 10.4 Å². The molecule has 0 aromatic heterocycles. The van der Waals surface area contributed by atoms with E-state index in [-0.39, 0.29) is 5.54 Å². The summed E-state index contributed by atoms with van der Waals surface area (Å²) in [5.74, 6) is 1.17. The first-order chi connectivity index (χ1) is 7.55. The Balaban J connectivity index is 1.89. The van der Waals surface area contributed by atoms with Gasteiger partial charge in [-0.15, -0.1) is 0 Å². The topological polar surface area (TPSA) is 24.4 Å². The van der Waals surface area contributed by atoms with Crippen molar-refractivity contribution in [2.45, 2.75) is 58.4 Å². The molecule has 0 aromatic carbocycles. The highest BCUT2D eigenvalue weighted by atomic mass is 32.2. The first-order valence-corrected chi connectivity index (χ1v) is 7.49. The predicted molar refractivity (Wildman–Crippen MR) is 73.2 cm³/mol. The van der Waals surface area contributed by atoms with Gasteiger partial charge in [-0.3, -0.25) is 4.99 Å². The highest BCUT2D eigenvalue weighted by Crippen LogP contribution is 2.38. The van der Waals surface area contributed by atoms with Gasteiger partial charge in [0, 0.05) is 17.8 Å². The molecule has 1 unspecified atom stereocenters. The summed E-state index contributed by atoms with van der Waals surface area (Å²) < 4.78 is 0. The molecule has 1 heterocycles. The van der Waals surface area contributed by atoms with Gasteiger partial charge >= 0.3 is 0 Å². The second-order valence-electron chi connectivity index (χ2n) is 5.97. The number of hydrogen-bond donors (Lipinski definition) is 1. The van der Waals surface area contributed by atoms with Gasteiger partial charge in [0.1, 0.15) is 0 Å². The van der Waals surface area contributed by atoms with Crippen LogP contribution in [0.2, 0.25) is 0 Å². The number of hydrogen-bond acceptors (Lipinski definition) is 2. The van der Waals surface area contributed by atoms with Crippen LogP contribution >= 0.6 is 11.8 Å². The maximum Gasteiger partial charge on any atom is 0.157 e. The van der Waals surface area contributed by atoms with Crippen LogP contribution in [0.4, 0.5) is 0 Å². The smallest absolute Gasteiger partial charge is 0.157 e. The molecule has 1 atom stereocenters. The Bertz CT molecular complexity index is 282. The normalized spacial score (nSPS) is 35.6. The van der Waals surface area contributed by atoms with Crippen molar-refractivity contribution in [1.29, 1.82) is 0 Å². The van der Waals surface area contributed by atoms with Crippen LogP contribution in [0.5, 0.6) is 0 Å². The number of nitrogens with zero attached hydrogens (tertiary/aromatic N) is 1. The summed E-state index contributed by atoms with van der Waals surface area (Å²) in [5.41, 5.74) is 0.764. The van der Waals surface area contributed by atoms with E-state index >= 15 is 0 Å². The van der Waals surface area contributed by atoms with Crippen molar-refractivity contribution in [3.8, 4) is 0 Å². The molecular formula is C13H24N2S. The lowest BCUT2D eigenvalue weighted by Gasteiger charge is -2.22. The molecule has 92 valence electrons. The van der Waals surface area contributed by atoms with Gasteiger partial charge < -0.3 is 5.32 Å². The van der Waals surface area contributed by atoms with E-state index in [0.717, 1.165) is 6.54 Å². The molecule has 1 N–H and O–H groups in total. The van der Waals surface area contributed by atoms with Gasteiger partial charge in [0.05, 0.1) is 0 Å². The summed E-state index contributed by atoms with van der Waals surface area (Å²) in [6.07, 6.45) is 6.69. The Kier molecular flexibility index (Phi) is 3.53. The minimum absolute atomic E-state index is 0.278. The molecule has 2 aliphatic rings. The minimum atomic E-state index is 0.278. The molecule has 1 aliphatic heterocycles. The third kappa shape index (κ3) is 2.73. The summed E-state index contributed by atoms with van der Waals surface area (Å²) in [7, 11) is 0. The van der Waals surface area contributed by atoms with Gasteiger partial charge in [0.2, 0.25) is 0 Å². The molecule has 3 heteroatoms. The average Bonchev–Trinajstić information content (AvgIpc) is 2.85. The zero-order valence-corrected chi connectivity index (χ0v) is 11.6. The average molecular weight is 240 g/mol. The predicted octanol–water partition coefficient (Wildman–Crippen LogP) is 3.43. The standard InChI is InChI=1S/C13H24N2S/c1-4-13(3)10-16-11(15-13)14-9-12(2)7-5-6-8-12/h4-10H2,1-3H3,(H,14,15). The molecule has 0 radical (unpaired) electrons. The number of nitrogens with one attached hydrogen (secondary N) is 1. The van der Waals surface area contributed by atoms with Crippen LogP contribution in [0.1, 0.15) is 52.9 Å². The minimum Gasteiger partial charge on any atom is -0.359 e. The second-order valence-corrected chi connectivity index (χ2v) is 6.93. The molecule has 2 rings (SSSR count). The summed E-state index contributed by atoms with van der Waals surface area (Å²) in [4.78, 5) is 4.79. The van der Waals surface area contributed by atoms with Crippen molar-refractivity contribution >= 4 is 16.9 Å². The van der Waals surface area contributed by atoms with Crippen molar-refractivity contribution in [1.82, 2.24) is 5.32 Å². The van der Waals surface area contributed by atoms with Gasteiger partial charge in [-0.05, 0) is 31.6 Å². The molecule has 0 bridgehead atoms. The quantitative estimate of drug-likeness (QED) is 0.817. The monoisotopic (exact) mass is 240 g/mol. The third-order valence-electron chi connectivity index (χ3n) is 4.13. The molecule has 2 fully saturated rings. The molecule has 1 saturated carbocycles. The van der Waals surface area contributed by atoms with Gasteiger partial charge in [-0.1, -0.05) is 38.5 Å². The Labute approximate surface area is 104 Å². The molecule has 1 saturated heterocycles. The van der Waals surface area contributed by atoms with Crippen molar-refractivity contribution in [3.05, 3.63) is 0 Å². The fourth-order valence-corrected chi connectivity index (χ4v) is 3.69. The van der Waals surface area contributed by atoms with Crippen LogP contribution in [0.25, 0.3) is 0 Å². The summed E-state index contributed by atoms with van der Waals surface area (Å²) in [6.45, 7) is 7.94. The van der Waals surface area contributed by atoms with Crippen LogP contribution in [0.15, 0.2) is 4.99 Å². The molecule has 16 heavy (non-hydrogen) atoms. The van der Waals surface area contributed by atoms with Gasteiger partial charge in [-0.2, -0.15) is 0 Å². The summed E-state index contributed by atoms with van der Waals surface area (Å²) >= 11 is 1.89. The van der Waals surface area contributed by atoms with E-state index < -0.39 is 0 Å². The molecule has 0 amide bonds. The zero-order chi connectivity index (χ0) is 11.6. The highest BCUT2D eigenvalue weighted by Gasteiger charge is 2.32. The number of amidine groups is 1. The lowest BCUT2D eigenvalue weighted by Crippen LogP contribution is -2.39. The van der Waals surface area contributed by atoms with Gasteiger partial charge in [0.25, 0.3) is 0 Å². The van der Waals surface area contributed by atoms with Crippen LogP contribution < -0.4 is 5.32 Å². The SMILES string of the molecule is CCC1(C)CSC(=NCC2(C)CCCC2)N1. The van der Waals surface area contributed by atoms with E-state index in [2.05, 4.69) is 26.1 Å². The molecule has 0 aromatic rings. The summed E-state index contributed by atoms with van der Waals surface area (Å²) in [6, 6.07) is 0.